The van der Waals surface area contributed by atoms with Crippen LogP contribution in [0.15, 0.2) is 35.3 Å². The number of carboxylic acids is 1. The molecule has 10 nitrogen and oxygen atoms in total. The highest BCUT2D eigenvalue weighted by Gasteiger charge is 2.59. The van der Waals surface area contributed by atoms with Gasteiger partial charge in [0, 0.05) is 11.8 Å². The van der Waals surface area contributed by atoms with E-state index in [-0.39, 0.29) is 16.9 Å². The van der Waals surface area contributed by atoms with Gasteiger partial charge < -0.3 is 25.4 Å². The summed E-state index contributed by atoms with van der Waals surface area (Å²) in [5, 5.41) is 31.0. The van der Waals surface area contributed by atoms with Crippen molar-refractivity contribution in [3.63, 3.8) is 0 Å². The highest BCUT2D eigenvalue weighted by Crippen LogP contribution is 2.42. The zero-order chi connectivity index (χ0) is 29.3. The van der Waals surface area contributed by atoms with E-state index in [1.54, 1.807) is 0 Å². The predicted octanol–water partition coefficient (Wildman–Crippen LogP) is 4.15. The van der Waals surface area contributed by atoms with E-state index in [1.807, 2.05) is 0 Å². The number of nitrogens with zero attached hydrogens (tertiary/aromatic N) is 2. The minimum atomic E-state index is -3.87. The van der Waals surface area contributed by atoms with Gasteiger partial charge >= 0.3 is 17.6 Å². The fraction of sp³-hybridized carbons (Fsp3) is 0.571. The van der Waals surface area contributed by atoms with Crippen molar-refractivity contribution in [3.05, 3.63) is 57.6 Å². The lowest BCUT2D eigenvalue weighted by molar-refractivity contribution is -0.140. The fourth-order valence-corrected chi connectivity index (χ4v) is 4.84. The zero-order valence-corrected chi connectivity index (χ0v) is 22.5. The third kappa shape index (κ3) is 7.49. The molecular formula is C28H37F2N3O7. The van der Waals surface area contributed by atoms with Gasteiger partial charge in [-0.05, 0) is 36.6 Å². The summed E-state index contributed by atoms with van der Waals surface area (Å²) in [5.74, 6) is -5.97. The van der Waals surface area contributed by atoms with Gasteiger partial charge in [0.25, 0.3) is 5.91 Å². The second kappa shape index (κ2) is 14.4. The van der Waals surface area contributed by atoms with Crippen molar-refractivity contribution >= 4 is 17.7 Å². The third-order valence-corrected chi connectivity index (χ3v) is 7.07. The van der Waals surface area contributed by atoms with Crippen LogP contribution in [0.3, 0.4) is 0 Å². The Labute approximate surface area is 231 Å². The van der Waals surface area contributed by atoms with Crippen LogP contribution in [0, 0.1) is 0 Å². The number of nitrogens with one attached hydrogen (secondary N) is 1. The molecule has 1 aromatic carbocycles. The van der Waals surface area contributed by atoms with E-state index in [0.717, 1.165) is 37.9 Å². The smallest absolute Gasteiger partial charge is 0.351 e. The fourth-order valence-electron chi connectivity index (χ4n) is 4.84. The average molecular weight is 566 g/mol. The Morgan fingerprint density at radius 1 is 1.05 bits per heavy atom. The molecule has 40 heavy (non-hydrogen) atoms. The van der Waals surface area contributed by atoms with Crippen LogP contribution in [0.2, 0.25) is 0 Å². The van der Waals surface area contributed by atoms with E-state index >= 15 is 0 Å². The number of carboxylic acid groups (broad SMARTS) is 1. The molecule has 1 aromatic heterocycles. The maximum Gasteiger partial charge on any atom is 0.351 e. The summed E-state index contributed by atoms with van der Waals surface area (Å²) in [6, 6.07) is 5.47. The van der Waals surface area contributed by atoms with Gasteiger partial charge in [0.2, 0.25) is 6.23 Å². The first-order valence-electron chi connectivity index (χ1n) is 13.7. The van der Waals surface area contributed by atoms with Crippen molar-refractivity contribution in [3.8, 4) is 0 Å². The minimum absolute atomic E-state index is 0.00759. The Morgan fingerprint density at radius 3 is 2.25 bits per heavy atom. The molecule has 1 aliphatic rings. The van der Waals surface area contributed by atoms with Gasteiger partial charge in [-0.15, -0.1) is 0 Å². The van der Waals surface area contributed by atoms with Gasteiger partial charge in [0.15, 0.2) is 6.10 Å². The number of amides is 1. The van der Waals surface area contributed by atoms with Crippen molar-refractivity contribution in [1.82, 2.24) is 9.55 Å². The van der Waals surface area contributed by atoms with Crippen molar-refractivity contribution in [2.24, 2.45) is 0 Å². The molecule has 0 aliphatic carbocycles. The zero-order valence-electron chi connectivity index (χ0n) is 22.5. The van der Waals surface area contributed by atoms with Gasteiger partial charge in [-0.1, -0.05) is 64.4 Å². The van der Waals surface area contributed by atoms with Crippen LogP contribution < -0.4 is 11.0 Å². The molecule has 3 atom stereocenters. The van der Waals surface area contributed by atoms with Crippen LogP contribution in [-0.4, -0.2) is 61.5 Å². The Balaban J connectivity index is 1.69. The number of halogens is 2. The predicted molar refractivity (Wildman–Crippen MR) is 143 cm³/mol. The topological polar surface area (TPSA) is 151 Å². The lowest BCUT2D eigenvalue weighted by Gasteiger charge is -2.21. The first-order valence-corrected chi connectivity index (χ1v) is 13.7. The van der Waals surface area contributed by atoms with Crippen molar-refractivity contribution in [1.29, 1.82) is 0 Å². The number of rotatable bonds is 15. The number of unbranched alkanes of at least 4 members (excludes halogenated alkanes) is 8. The molecule has 4 N–H and O–H groups in total. The number of benzene rings is 1. The maximum absolute atomic E-state index is 14.4. The van der Waals surface area contributed by atoms with Crippen LogP contribution in [-0.2, 0) is 11.2 Å². The molecule has 2 heterocycles. The molecule has 1 saturated heterocycles. The number of aliphatic hydroxyl groups is 2. The molecule has 2 aromatic rings. The first kappa shape index (κ1) is 31.3. The molecule has 0 saturated carbocycles. The number of aromatic nitrogens is 2. The summed E-state index contributed by atoms with van der Waals surface area (Å²) in [7, 11) is 0. The maximum atomic E-state index is 14.4. The lowest BCUT2D eigenvalue weighted by Crippen LogP contribution is -2.41. The lowest BCUT2D eigenvalue weighted by atomic mass is 9.94. The molecule has 220 valence electrons. The number of aliphatic hydroxyl groups excluding tert-OH is 2. The van der Waals surface area contributed by atoms with E-state index in [4.69, 9.17) is 9.84 Å². The number of carbonyl (C=O) groups is 2. The Hall–Kier alpha value is -3.22. The number of hydrogen-bond donors (Lipinski definition) is 4. The Kier molecular flexibility index (Phi) is 11.3. The van der Waals surface area contributed by atoms with Crippen molar-refractivity contribution < 1.29 is 38.4 Å². The van der Waals surface area contributed by atoms with Crippen LogP contribution in [0.1, 0.15) is 97.2 Å². The van der Waals surface area contributed by atoms with E-state index in [1.165, 1.54) is 43.9 Å². The third-order valence-electron chi connectivity index (χ3n) is 7.07. The number of alkyl halides is 2. The van der Waals surface area contributed by atoms with Gasteiger partial charge in [-0.25, -0.2) is 9.59 Å². The van der Waals surface area contributed by atoms with E-state index in [9.17, 15) is 33.4 Å². The van der Waals surface area contributed by atoms with Crippen LogP contribution in [0.5, 0.6) is 0 Å². The van der Waals surface area contributed by atoms with Crippen molar-refractivity contribution in [2.75, 3.05) is 11.9 Å². The van der Waals surface area contributed by atoms with Crippen LogP contribution in [0.4, 0.5) is 14.6 Å². The van der Waals surface area contributed by atoms with Gasteiger partial charge in [-0.3, -0.25) is 9.36 Å². The molecular weight excluding hydrogens is 528 g/mol. The normalized spacial score (nSPS) is 20.0. The van der Waals surface area contributed by atoms with Crippen molar-refractivity contribution in [2.45, 2.75) is 95.5 Å². The van der Waals surface area contributed by atoms with E-state index in [2.05, 4.69) is 17.2 Å². The molecule has 0 bridgehead atoms. The second-order valence-corrected chi connectivity index (χ2v) is 10.0. The van der Waals surface area contributed by atoms with Crippen LogP contribution >= 0.6 is 0 Å². The molecule has 0 radical (unpaired) electrons. The molecule has 1 amide bonds. The van der Waals surface area contributed by atoms with Gasteiger partial charge in [0.1, 0.15) is 11.9 Å². The molecule has 0 spiro atoms. The Bertz CT molecular complexity index is 1220. The summed E-state index contributed by atoms with van der Waals surface area (Å²) in [6.45, 7) is 1.30. The number of hydrogen-bond acceptors (Lipinski definition) is 7. The Morgan fingerprint density at radius 2 is 1.68 bits per heavy atom. The molecule has 3 rings (SSSR count). The molecule has 0 unspecified atom stereocenters. The summed E-state index contributed by atoms with van der Waals surface area (Å²) in [4.78, 5) is 41.1. The van der Waals surface area contributed by atoms with E-state index in [0.29, 0.717) is 23.0 Å². The monoisotopic (exact) mass is 565 g/mol. The standard InChI is InChI=1S/C28H37F2N3O7/c1-2-3-4-5-6-7-8-9-10-12-18-19(13-11-14-20(18)25(37)38)24(36)31-22-15-16-33(27(39)32-22)26-28(29,30)23(35)21(17-34)40-26/h11,13-16,21,23,26,34-35H,2-10,12,17H2,1H3,(H,37,38)(H,31,32,36,39)/t21-,23-,26-/m1/s1. The second-order valence-electron chi connectivity index (χ2n) is 10.0. The quantitative estimate of drug-likeness (QED) is 0.235. The molecule has 12 heteroatoms. The molecule has 1 aliphatic heterocycles. The largest absolute Gasteiger partial charge is 0.478 e. The summed E-state index contributed by atoms with van der Waals surface area (Å²) < 4.78 is 34.3. The highest BCUT2D eigenvalue weighted by atomic mass is 19.3. The van der Waals surface area contributed by atoms with Gasteiger partial charge in [0.05, 0.1) is 12.2 Å². The van der Waals surface area contributed by atoms with Crippen LogP contribution in [0.25, 0.3) is 0 Å². The first-order chi connectivity index (χ1) is 19.1. The van der Waals surface area contributed by atoms with E-state index < -0.39 is 48.5 Å². The summed E-state index contributed by atoms with van der Waals surface area (Å²) in [6.07, 6.45) is 4.97. The number of ether oxygens (including phenoxy) is 1. The minimum Gasteiger partial charge on any atom is -0.478 e. The molecule has 1 fully saturated rings. The SMILES string of the molecule is CCCCCCCCCCCc1c(C(=O)O)cccc1C(=O)Nc1ccn([C@@H]2O[C@H](CO)[C@@H](O)C2(F)F)c(=O)n1. The average Bonchev–Trinajstić information content (AvgIpc) is 3.15. The number of aromatic carboxylic acids is 1. The number of carbonyl (C=O) groups excluding carboxylic acids is 1. The van der Waals surface area contributed by atoms with Gasteiger partial charge in [-0.2, -0.15) is 13.8 Å². The summed E-state index contributed by atoms with van der Waals surface area (Å²) in [5.41, 5.74) is -0.687. The number of anilines is 1. The highest BCUT2D eigenvalue weighted by molar-refractivity contribution is 6.06. The summed E-state index contributed by atoms with van der Waals surface area (Å²) >= 11 is 0.